The highest BCUT2D eigenvalue weighted by Crippen LogP contribution is 2.49. The fraction of sp³-hybridized carbons (Fsp3) is 0.250. The summed E-state index contributed by atoms with van der Waals surface area (Å²) in [5, 5.41) is 18.7. The van der Waals surface area contributed by atoms with Gasteiger partial charge in [0.05, 0.1) is 5.69 Å². The number of nitrogens with zero attached hydrogens (tertiary/aromatic N) is 8. The molecule has 0 radical (unpaired) electrons. The Kier molecular flexibility index (Phi) is 4.72. The van der Waals surface area contributed by atoms with Crippen LogP contribution < -0.4 is 10.2 Å². The lowest BCUT2D eigenvalue weighted by molar-refractivity contribution is 0.416. The minimum Gasteiger partial charge on any atom is -0.338 e. The van der Waals surface area contributed by atoms with Crippen LogP contribution in [-0.4, -0.2) is 40.1 Å². The van der Waals surface area contributed by atoms with Crippen molar-refractivity contribution in [3.05, 3.63) is 77.9 Å². The van der Waals surface area contributed by atoms with Gasteiger partial charge in [0, 0.05) is 24.4 Å². The number of tetrazole rings is 1. The minimum absolute atomic E-state index is 0.463. The molecular formula is C24H24N10. The zero-order valence-corrected chi connectivity index (χ0v) is 19.0. The van der Waals surface area contributed by atoms with Gasteiger partial charge in [0.1, 0.15) is 11.3 Å². The van der Waals surface area contributed by atoms with Gasteiger partial charge in [-0.15, -0.1) is 0 Å². The molecule has 0 bridgehead atoms. The number of anilines is 3. The van der Waals surface area contributed by atoms with Gasteiger partial charge < -0.3 is 5.32 Å². The van der Waals surface area contributed by atoms with E-state index in [1.807, 2.05) is 29.2 Å². The van der Waals surface area contributed by atoms with Crippen molar-refractivity contribution in [3.63, 3.8) is 0 Å². The standard InChI is InChI=1S/C24H24N10/c1-3-4-9-20-27-18-7-5-14-25-21(18)33(20)24(17-12-10-16(2)11-13-17)28-19-8-6-15-26-22(19)34(24)23-29-31-32-30-23/h5-8,10-15,28H,3-4,9H2,1-2H3,(H,29,30,31,32). The molecule has 0 fully saturated rings. The van der Waals surface area contributed by atoms with Crippen molar-refractivity contribution < 1.29 is 0 Å². The molecular weight excluding hydrogens is 428 g/mol. The molecule has 0 spiro atoms. The first-order valence-electron chi connectivity index (χ1n) is 11.4. The van der Waals surface area contributed by atoms with Crippen molar-refractivity contribution in [3.8, 4) is 0 Å². The number of aromatic nitrogens is 8. The third kappa shape index (κ3) is 2.95. The number of benzene rings is 1. The van der Waals surface area contributed by atoms with E-state index in [1.165, 1.54) is 5.56 Å². The van der Waals surface area contributed by atoms with Crippen LogP contribution in [0, 0.1) is 6.92 Å². The lowest BCUT2D eigenvalue weighted by atomic mass is 10.0. The molecule has 170 valence electrons. The van der Waals surface area contributed by atoms with Gasteiger partial charge in [0.2, 0.25) is 5.79 Å². The first-order chi connectivity index (χ1) is 16.7. The van der Waals surface area contributed by atoms with Crippen LogP contribution in [0.2, 0.25) is 0 Å². The van der Waals surface area contributed by atoms with Gasteiger partial charge in [-0.3, -0.25) is 4.57 Å². The fourth-order valence-electron chi connectivity index (χ4n) is 4.65. The van der Waals surface area contributed by atoms with Gasteiger partial charge in [0.15, 0.2) is 11.5 Å². The van der Waals surface area contributed by atoms with Crippen LogP contribution in [0.3, 0.4) is 0 Å². The van der Waals surface area contributed by atoms with Crippen molar-refractivity contribution in [2.75, 3.05) is 10.2 Å². The Morgan fingerprint density at radius 2 is 1.82 bits per heavy atom. The molecule has 1 aromatic carbocycles. The van der Waals surface area contributed by atoms with Crippen molar-refractivity contribution in [2.24, 2.45) is 0 Å². The lowest BCUT2D eigenvalue weighted by Crippen LogP contribution is -2.53. The monoisotopic (exact) mass is 452 g/mol. The maximum Gasteiger partial charge on any atom is 0.252 e. The molecule has 2 N–H and O–H groups in total. The van der Waals surface area contributed by atoms with E-state index in [1.54, 1.807) is 12.4 Å². The summed E-state index contributed by atoms with van der Waals surface area (Å²) in [6, 6.07) is 16.3. The van der Waals surface area contributed by atoms with Gasteiger partial charge in [-0.25, -0.2) is 25.0 Å². The Morgan fingerprint density at radius 1 is 1.00 bits per heavy atom. The summed E-state index contributed by atoms with van der Waals surface area (Å²) < 4.78 is 2.17. The number of aromatic amines is 1. The molecule has 1 aliphatic heterocycles. The number of H-pyrrole nitrogens is 1. The molecule has 4 aromatic heterocycles. The van der Waals surface area contributed by atoms with E-state index in [0.29, 0.717) is 11.8 Å². The molecule has 0 saturated heterocycles. The first kappa shape index (κ1) is 20.3. The number of rotatable bonds is 6. The Morgan fingerprint density at radius 3 is 2.62 bits per heavy atom. The second kappa shape index (κ2) is 7.91. The van der Waals surface area contributed by atoms with E-state index < -0.39 is 5.79 Å². The highest BCUT2D eigenvalue weighted by molar-refractivity contribution is 5.82. The average molecular weight is 453 g/mol. The van der Waals surface area contributed by atoms with Crippen LogP contribution in [0.4, 0.5) is 17.5 Å². The van der Waals surface area contributed by atoms with E-state index in [-0.39, 0.29) is 0 Å². The molecule has 5 aromatic rings. The Hall–Kier alpha value is -4.34. The van der Waals surface area contributed by atoms with Crippen LogP contribution in [0.1, 0.15) is 36.7 Å². The second-order valence-electron chi connectivity index (χ2n) is 8.41. The number of fused-ring (bicyclic) bond motifs is 2. The second-order valence-corrected chi connectivity index (χ2v) is 8.41. The molecule has 1 unspecified atom stereocenters. The van der Waals surface area contributed by atoms with Crippen molar-refractivity contribution in [1.29, 1.82) is 0 Å². The zero-order valence-electron chi connectivity index (χ0n) is 19.0. The van der Waals surface area contributed by atoms with E-state index in [9.17, 15) is 0 Å². The molecule has 6 rings (SSSR count). The highest BCUT2D eigenvalue weighted by Gasteiger charge is 2.52. The number of hydrogen-bond donors (Lipinski definition) is 2. The number of nitrogens with one attached hydrogen (secondary N) is 2. The van der Waals surface area contributed by atoms with Gasteiger partial charge in [-0.05, 0) is 48.0 Å². The van der Waals surface area contributed by atoms with E-state index in [2.05, 4.69) is 68.6 Å². The third-order valence-corrected chi connectivity index (χ3v) is 6.19. The molecule has 10 nitrogen and oxygen atoms in total. The number of unbranched alkanes of at least 4 members (excludes halogenated alkanes) is 1. The molecule has 5 heterocycles. The van der Waals surface area contributed by atoms with E-state index in [0.717, 1.165) is 47.5 Å². The summed E-state index contributed by atoms with van der Waals surface area (Å²) in [4.78, 5) is 16.5. The van der Waals surface area contributed by atoms with E-state index in [4.69, 9.17) is 15.0 Å². The Bertz CT molecular complexity index is 1440. The Labute approximate surface area is 196 Å². The average Bonchev–Trinajstić information content (AvgIpc) is 3.58. The van der Waals surface area contributed by atoms with Gasteiger partial charge >= 0.3 is 0 Å². The number of pyridine rings is 2. The van der Waals surface area contributed by atoms with Gasteiger partial charge in [0.25, 0.3) is 5.95 Å². The van der Waals surface area contributed by atoms with Crippen molar-refractivity contribution in [1.82, 2.24) is 40.1 Å². The maximum absolute atomic E-state index is 5.01. The largest absolute Gasteiger partial charge is 0.338 e. The SMILES string of the molecule is CCCCc1nc2cccnc2n1C1(c2ccc(C)cc2)Nc2cccnc2N1c1nnn[nH]1. The van der Waals surface area contributed by atoms with Crippen LogP contribution in [-0.2, 0) is 12.2 Å². The molecule has 34 heavy (non-hydrogen) atoms. The Balaban J connectivity index is 1.72. The van der Waals surface area contributed by atoms with Crippen LogP contribution in [0.15, 0.2) is 60.9 Å². The number of aryl methyl sites for hydroxylation is 2. The summed E-state index contributed by atoms with van der Waals surface area (Å²) >= 11 is 0. The predicted molar refractivity (Wildman–Crippen MR) is 129 cm³/mol. The molecule has 0 saturated carbocycles. The number of hydrogen-bond acceptors (Lipinski definition) is 8. The minimum atomic E-state index is -0.988. The van der Waals surface area contributed by atoms with Crippen LogP contribution in [0.25, 0.3) is 11.2 Å². The molecule has 0 amide bonds. The fourth-order valence-corrected chi connectivity index (χ4v) is 4.65. The molecule has 0 aliphatic carbocycles. The summed E-state index contributed by atoms with van der Waals surface area (Å²) in [6.45, 7) is 4.26. The summed E-state index contributed by atoms with van der Waals surface area (Å²) in [5.41, 5.74) is 4.61. The first-order valence-corrected chi connectivity index (χ1v) is 11.4. The highest BCUT2D eigenvalue weighted by atomic mass is 15.6. The normalized spacial score (nSPS) is 17.2. The van der Waals surface area contributed by atoms with E-state index >= 15 is 0 Å². The van der Waals surface area contributed by atoms with Crippen LogP contribution >= 0.6 is 0 Å². The molecule has 1 aliphatic rings. The maximum atomic E-state index is 5.01. The lowest BCUT2D eigenvalue weighted by Gasteiger charge is -2.40. The predicted octanol–water partition coefficient (Wildman–Crippen LogP) is 3.91. The third-order valence-electron chi connectivity index (χ3n) is 6.19. The summed E-state index contributed by atoms with van der Waals surface area (Å²) in [6.07, 6.45) is 6.42. The smallest absolute Gasteiger partial charge is 0.252 e. The summed E-state index contributed by atoms with van der Waals surface area (Å²) in [7, 11) is 0. The van der Waals surface area contributed by atoms with Crippen molar-refractivity contribution in [2.45, 2.75) is 38.9 Å². The quantitative estimate of drug-likeness (QED) is 0.399. The summed E-state index contributed by atoms with van der Waals surface area (Å²) in [5.74, 6) is 1.11. The molecule has 10 heteroatoms. The van der Waals surface area contributed by atoms with Crippen LogP contribution in [0.5, 0.6) is 0 Å². The van der Waals surface area contributed by atoms with Gasteiger partial charge in [-0.1, -0.05) is 48.3 Å². The number of imidazole rings is 1. The zero-order chi connectivity index (χ0) is 23.1. The van der Waals surface area contributed by atoms with Gasteiger partial charge in [-0.2, -0.15) is 0 Å². The molecule has 1 atom stereocenters. The van der Waals surface area contributed by atoms with Crippen molar-refractivity contribution >= 4 is 28.6 Å². The topological polar surface area (TPSA) is 113 Å².